The van der Waals surface area contributed by atoms with Gasteiger partial charge in [-0.3, -0.25) is 0 Å². The van der Waals surface area contributed by atoms with Crippen molar-refractivity contribution in [2.75, 3.05) is 5.32 Å². The first kappa shape index (κ1) is 24.4. The highest BCUT2D eigenvalue weighted by molar-refractivity contribution is 5.92. The number of benzene rings is 2. The summed E-state index contributed by atoms with van der Waals surface area (Å²) in [5.41, 5.74) is 4.06. The van der Waals surface area contributed by atoms with Crippen LogP contribution in [0.25, 0.3) is 22.6 Å². The van der Waals surface area contributed by atoms with Crippen molar-refractivity contribution in [2.24, 2.45) is 5.92 Å². The molecular formula is C28H26F3N5O2. The zero-order valence-electron chi connectivity index (χ0n) is 20.7. The number of aromatic nitrogens is 4. The van der Waals surface area contributed by atoms with E-state index in [9.17, 15) is 23.1 Å². The molecule has 1 atom stereocenters. The molecule has 0 aliphatic heterocycles. The van der Waals surface area contributed by atoms with Gasteiger partial charge in [0, 0.05) is 18.2 Å². The number of aryl methyl sites for hydroxylation is 2. The summed E-state index contributed by atoms with van der Waals surface area (Å²) >= 11 is 0. The van der Waals surface area contributed by atoms with E-state index in [1.165, 1.54) is 23.3 Å². The van der Waals surface area contributed by atoms with Crippen LogP contribution in [0.5, 0.6) is 0 Å². The molecule has 1 saturated carbocycles. The van der Waals surface area contributed by atoms with Gasteiger partial charge in [-0.15, -0.1) is 0 Å². The number of imidazole rings is 1. The Morgan fingerprint density at radius 2 is 1.82 bits per heavy atom. The van der Waals surface area contributed by atoms with Gasteiger partial charge < -0.3 is 15.0 Å². The van der Waals surface area contributed by atoms with Crippen LogP contribution in [-0.4, -0.2) is 36.6 Å². The Kier molecular flexibility index (Phi) is 5.85. The number of nitrogens with one attached hydrogen (secondary N) is 1. The van der Waals surface area contributed by atoms with Crippen LogP contribution in [0.3, 0.4) is 0 Å². The zero-order valence-corrected chi connectivity index (χ0v) is 20.7. The Balaban J connectivity index is 1.52. The molecule has 4 aromatic rings. The van der Waals surface area contributed by atoms with E-state index in [0.717, 1.165) is 49.8 Å². The summed E-state index contributed by atoms with van der Waals surface area (Å²) in [6.45, 7) is 2.24. The normalized spacial score (nSPS) is 16.0. The SMILES string of the molecule is CC(Nc1nc(C(=O)O)nc2nc(-c3ccc4c(c3)CCC4)n(Cc3ccc(C(F)(F)F)cc3)c12)C1CC1. The largest absolute Gasteiger partial charge is 0.475 e. The fourth-order valence-corrected chi connectivity index (χ4v) is 5.23. The number of rotatable bonds is 7. The number of anilines is 1. The second kappa shape index (κ2) is 9.11. The van der Waals surface area contributed by atoms with Crippen LogP contribution in [0.15, 0.2) is 42.5 Å². The molecule has 2 aliphatic rings. The molecule has 2 aromatic carbocycles. The van der Waals surface area contributed by atoms with Gasteiger partial charge in [-0.2, -0.15) is 13.2 Å². The van der Waals surface area contributed by atoms with Crippen LogP contribution in [0.4, 0.5) is 19.0 Å². The van der Waals surface area contributed by atoms with Crippen molar-refractivity contribution >= 4 is 23.0 Å². The Hall–Kier alpha value is -3.95. The molecule has 0 amide bonds. The average Bonchev–Trinajstić information content (AvgIpc) is 3.52. The number of hydrogen-bond acceptors (Lipinski definition) is 5. The second-order valence-corrected chi connectivity index (χ2v) is 10.2. The van der Waals surface area contributed by atoms with Gasteiger partial charge in [0.2, 0.25) is 5.82 Å². The predicted octanol–water partition coefficient (Wildman–Crippen LogP) is 5.96. The van der Waals surface area contributed by atoms with E-state index < -0.39 is 17.7 Å². The Labute approximate surface area is 216 Å². The Bertz CT molecular complexity index is 1540. The van der Waals surface area contributed by atoms with E-state index in [1.807, 2.05) is 17.6 Å². The van der Waals surface area contributed by atoms with E-state index in [2.05, 4.69) is 27.4 Å². The number of carboxylic acid groups (broad SMARTS) is 1. The first-order valence-corrected chi connectivity index (χ1v) is 12.7. The summed E-state index contributed by atoms with van der Waals surface area (Å²) in [5, 5.41) is 13.1. The number of alkyl halides is 3. The zero-order chi connectivity index (χ0) is 26.6. The van der Waals surface area contributed by atoms with Gasteiger partial charge in [0.25, 0.3) is 0 Å². The molecule has 1 unspecified atom stereocenters. The maximum Gasteiger partial charge on any atom is 0.416 e. The van der Waals surface area contributed by atoms with E-state index in [0.29, 0.717) is 28.6 Å². The molecule has 2 N–H and O–H groups in total. The number of carbonyl (C=O) groups is 1. The summed E-state index contributed by atoms with van der Waals surface area (Å²) in [5.74, 6) is -0.226. The molecule has 1 fully saturated rings. The highest BCUT2D eigenvalue weighted by Crippen LogP contribution is 2.37. The standard InChI is InChI=1S/C28H26F3N5O2/c1-15(17-7-8-17)32-23-22-24(34-25(33-23)27(37)38)35-26(20-10-9-18-3-2-4-19(18)13-20)36(22)14-16-5-11-21(12-6-16)28(29,30)31/h5-6,9-13,15,17H,2-4,7-8,14H2,1H3,(H,37,38)(H,32,33,34). The van der Waals surface area contributed by atoms with Crippen LogP contribution >= 0.6 is 0 Å². The summed E-state index contributed by atoms with van der Waals surface area (Å²) in [6, 6.07) is 11.3. The van der Waals surface area contributed by atoms with Crippen molar-refractivity contribution < 1.29 is 23.1 Å². The lowest BCUT2D eigenvalue weighted by Gasteiger charge is -2.17. The van der Waals surface area contributed by atoms with E-state index in [1.54, 1.807) is 0 Å². The minimum atomic E-state index is -4.42. The third kappa shape index (κ3) is 4.59. The third-order valence-corrected chi connectivity index (χ3v) is 7.47. The molecule has 2 aliphatic carbocycles. The lowest BCUT2D eigenvalue weighted by molar-refractivity contribution is -0.137. The van der Waals surface area contributed by atoms with Crippen molar-refractivity contribution in [3.63, 3.8) is 0 Å². The number of halogens is 3. The number of hydrogen-bond donors (Lipinski definition) is 2. The first-order chi connectivity index (χ1) is 18.2. The molecule has 7 nitrogen and oxygen atoms in total. The molecule has 196 valence electrons. The fraction of sp³-hybridized carbons (Fsp3) is 0.357. The van der Waals surface area contributed by atoms with Gasteiger partial charge >= 0.3 is 12.1 Å². The molecule has 0 radical (unpaired) electrons. The Morgan fingerprint density at radius 1 is 1.08 bits per heavy atom. The van der Waals surface area contributed by atoms with Gasteiger partial charge in [-0.1, -0.05) is 24.3 Å². The van der Waals surface area contributed by atoms with Gasteiger partial charge in [0.15, 0.2) is 11.5 Å². The summed E-state index contributed by atoms with van der Waals surface area (Å²) in [6.07, 6.45) is 0.822. The minimum absolute atomic E-state index is 0.0626. The van der Waals surface area contributed by atoms with Crippen LogP contribution in [0.1, 0.15) is 59.1 Å². The number of fused-ring (bicyclic) bond motifs is 2. The molecule has 0 bridgehead atoms. The molecule has 2 aromatic heterocycles. The van der Waals surface area contributed by atoms with E-state index in [4.69, 9.17) is 4.98 Å². The van der Waals surface area contributed by atoms with Gasteiger partial charge in [-0.25, -0.2) is 19.7 Å². The highest BCUT2D eigenvalue weighted by atomic mass is 19.4. The second-order valence-electron chi connectivity index (χ2n) is 10.2. The highest BCUT2D eigenvalue weighted by Gasteiger charge is 2.31. The number of carboxylic acids is 1. The molecule has 6 rings (SSSR count). The molecule has 2 heterocycles. The van der Waals surface area contributed by atoms with Crippen LogP contribution < -0.4 is 5.32 Å². The summed E-state index contributed by atoms with van der Waals surface area (Å²) < 4.78 is 41.4. The lowest BCUT2D eigenvalue weighted by Crippen LogP contribution is -2.20. The molecule has 10 heteroatoms. The van der Waals surface area contributed by atoms with Gasteiger partial charge in [0.1, 0.15) is 11.3 Å². The molecule has 0 saturated heterocycles. The molecule has 0 spiro atoms. The van der Waals surface area contributed by atoms with E-state index in [-0.39, 0.29) is 24.1 Å². The minimum Gasteiger partial charge on any atom is -0.475 e. The van der Waals surface area contributed by atoms with Crippen molar-refractivity contribution in [1.82, 2.24) is 19.5 Å². The first-order valence-electron chi connectivity index (χ1n) is 12.7. The number of aromatic carboxylic acids is 1. The van der Waals surface area contributed by atoms with Crippen LogP contribution in [-0.2, 0) is 25.6 Å². The van der Waals surface area contributed by atoms with Gasteiger partial charge in [0.05, 0.1) is 5.56 Å². The maximum absolute atomic E-state index is 13.2. The third-order valence-electron chi connectivity index (χ3n) is 7.47. The quantitative estimate of drug-likeness (QED) is 0.312. The smallest absolute Gasteiger partial charge is 0.416 e. The van der Waals surface area contributed by atoms with Gasteiger partial charge in [-0.05, 0) is 79.8 Å². The van der Waals surface area contributed by atoms with Crippen molar-refractivity contribution in [3.05, 3.63) is 70.5 Å². The van der Waals surface area contributed by atoms with Crippen LogP contribution in [0, 0.1) is 5.92 Å². The average molecular weight is 522 g/mol. The summed E-state index contributed by atoms with van der Waals surface area (Å²) in [4.78, 5) is 25.2. The van der Waals surface area contributed by atoms with Crippen molar-refractivity contribution in [1.29, 1.82) is 0 Å². The topological polar surface area (TPSA) is 92.9 Å². The maximum atomic E-state index is 13.2. The van der Waals surface area contributed by atoms with E-state index >= 15 is 0 Å². The Morgan fingerprint density at radius 3 is 2.50 bits per heavy atom. The molecular weight excluding hydrogens is 495 g/mol. The fourth-order valence-electron chi connectivity index (χ4n) is 5.23. The molecule has 38 heavy (non-hydrogen) atoms. The van der Waals surface area contributed by atoms with Crippen molar-refractivity contribution in [2.45, 2.75) is 57.8 Å². The predicted molar refractivity (Wildman–Crippen MR) is 136 cm³/mol. The monoisotopic (exact) mass is 521 g/mol. The lowest BCUT2D eigenvalue weighted by atomic mass is 10.1. The van der Waals surface area contributed by atoms with Crippen LogP contribution in [0.2, 0.25) is 0 Å². The summed E-state index contributed by atoms with van der Waals surface area (Å²) in [7, 11) is 0. The van der Waals surface area contributed by atoms with Crippen molar-refractivity contribution in [3.8, 4) is 11.4 Å². The number of nitrogens with zero attached hydrogens (tertiary/aromatic N) is 4.